The number of ether oxygens (including phenoxy) is 2. The molecule has 0 unspecified atom stereocenters. The third kappa shape index (κ3) is 6.04. The molecule has 11 heteroatoms. The highest BCUT2D eigenvalue weighted by Gasteiger charge is 2.21. The molecule has 0 aliphatic carbocycles. The second-order valence-corrected chi connectivity index (χ2v) is 11.3. The van der Waals surface area contributed by atoms with Gasteiger partial charge in [-0.05, 0) is 62.1 Å². The zero-order valence-electron chi connectivity index (χ0n) is 22.5. The van der Waals surface area contributed by atoms with Gasteiger partial charge in [0.05, 0.1) is 18.0 Å². The first-order valence-corrected chi connectivity index (χ1v) is 14.2. The minimum atomic E-state index is -3.95. The van der Waals surface area contributed by atoms with Crippen molar-refractivity contribution in [2.24, 2.45) is 7.05 Å². The van der Waals surface area contributed by atoms with E-state index in [1.54, 1.807) is 20.2 Å². The van der Waals surface area contributed by atoms with Crippen LogP contribution in [0.3, 0.4) is 0 Å². The molecule has 1 aliphatic heterocycles. The third-order valence-electron chi connectivity index (χ3n) is 6.86. The number of sulfonamides is 1. The highest BCUT2D eigenvalue weighted by molar-refractivity contribution is 7.92. The number of aryl methyl sites for hydroxylation is 3. The normalized spacial score (nSPS) is 14.4. The fraction of sp³-hybridized carbons (Fsp3) is 0.321. The number of hydrogen-bond donors (Lipinski definition) is 1. The summed E-state index contributed by atoms with van der Waals surface area (Å²) in [6.07, 6.45) is 4.99. The first-order valence-electron chi connectivity index (χ1n) is 12.7. The predicted molar refractivity (Wildman–Crippen MR) is 150 cm³/mol. The summed E-state index contributed by atoms with van der Waals surface area (Å²) in [7, 11) is -0.540. The molecule has 204 valence electrons. The first-order chi connectivity index (χ1) is 18.7. The number of nitrogens with zero attached hydrogens (tertiary/aromatic N) is 5. The number of benzene rings is 2. The zero-order chi connectivity index (χ0) is 27.6. The van der Waals surface area contributed by atoms with Gasteiger partial charge in [-0.3, -0.25) is 4.68 Å². The minimum absolute atomic E-state index is 0.0127. The molecule has 0 amide bonds. The van der Waals surface area contributed by atoms with Crippen LogP contribution in [-0.4, -0.2) is 54.5 Å². The van der Waals surface area contributed by atoms with Crippen LogP contribution >= 0.6 is 0 Å². The molecule has 2 aromatic heterocycles. The second-order valence-electron chi connectivity index (χ2n) is 9.66. The standard InChI is InChI=1S/C28H32N6O4S/c1-19-6-5-7-20(2)27(19)25-16-26(31-28(30-25)32-39(35,36)24-17-29-33(3)18-24)38-23-10-8-21(9-11-23)34-14-12-22(37-4)13-15-34/h5-11,16-18,22H,12-15H2,1-4H3,(H,30,31,32). The predicted octanol–water partition coefficient (Wildman–Crippen LogP) is 4.70. The van der Waals surface area contributed by atoms with Gasteiger partial charge in [0.2, 0.25) is 11.8 Å². The van der Waals surface area contributed by atoms with Gasteiger partial charge in [-0.1, -0.05) is 18.2 Å². The highest BCUT2D eigenvalue weighted by atomic mass is 32.2. The van der Waals surface area contributed by atoms with E-state index in [0.29, 0.717) is 17.5 Å². The van der Waals surface area contributed by atoms with E-state index in [1.807, 2.05) is 56.3 Å². The molecule has 0 bridgehead atoms. The fourth-order valence-electron chi connectivity index (χ4n) is 4.78. The fourth-order valence-corrected chi connectivity index (χ4v) is 5.71. The van der Waals surface area contributed by atoms with E-state index < -0.39 is 10.0 Å². The molecule has 5 rings (SSSR count). The lowest BCUT2D eigenvalue weighted by molar-refractivity contribution is 0.0819. The number of anilines is 2. The van der Waals surface area contributed by atoms with Crippen LogP contribution < -0.4 is 14.4 Å². The molecule has 0 atom stereocenters. The summed E-state index contributed by atoms with van der Waals surface area (Å²) >= 11 is 0. The molecule has 4 aromatic rings. The molecule has 2 aromatic carbocycles. The minimum Gasteiger partial charge on any atom is -0.439 e. The smallest absolute Gasteiger partial charge is 0.267 e. The van der Waals surface area contributed by atoms with Crippen LogP contribution in [0.25, 0.3) is 11.3 Å². The van der Waals surface area contributed by atoms with Crippen molar-refractivity contribution in [3.63, 3.8) is 0 Å². The van der Waals surface area contributed by atoms with Crippen LogP contribution in [0.1, 0.15) is 24.0 Å². The Morgan fingerprint density at radius 2 is 1.69 bits per heavy atom. The Balaban J connectivity index is 1.44. The van der Waals surface area contributed by atoms with Crippen LogP contribution in [0.5, 0.6) is 11.6 Å². The van der Waals surface area contributed by atoms with E-state index in [1.165, 1.54) is 17.1 Å². The van der Waals surface area contributed by atoms with Gasteiger partial charge in [0.15, 0.2) is 0 Å². The monoisotopic (exact) mass is 548 g/mol. The lowest BCUT2D eigenvalue weighted by atomic mass is 10.00. The van der Waals surface area contributed by atoms with Crippen LogP contribution in [-0.2, 0) is 21.8 Å². The summed E-state index contributed by atoms with van der Waals surface area (Å²) in [5, 5.41) is 3.96. The van der Waals surface area contributed by atoms with Crippen molar-refractivity contribution in [1.29, 1.82) is 0 Å². The van der Waals surface area contributed by atoms with Crippen molar-refractivity contribution in [3.05, 3.63) is 72.1 Å². The SMILES string of the molecule is COC1CCN(c2ccc(Oc3cc(-c4c(C)cccc4C)nc(NS(=O)(=O)c4cnn(C)c4)n3)cc2)CC1. The van der Waals surface area contributed by atoms with Gasteiger partial charge in [-0.2, -0.15) is 10.1 Å². The van der Waals surface area contributed by atoms with Crippen LogP contribution in [0.4, 0.5) is 11.6 Å². The van der Waals surface area contributed by atoms with Gasteiger partial charge >= 0.3 is 0 Å². The summed E-state index contributed by atoms with van der Waals surface area (Å²) in [5.41, 5.74) is 4.56. The van der Waals surface area contributed by atoms with E-state index >= 15 is 0 Å². The van der Waals surface area contributed by atoms with Crippen molar-refractivity contribution < 1.29 is 17.9 Å². The lowest BCUT2D eigenvalue weighted by Gasteiger charge is -2.33. The summed E-state index contributed by atoms with van der Waals surface area (Å²) in [6.45, 7) is 5.84. The molecule has 1 saturated heterocycles. The summed E-state index contributed by atoms with van der Waals surface area (Å²) < 4.78 is 41.5. The maximum atomic E-state index is 13.0. The van der Waals surface area contributed by atoms with Crippen molar-refractivity contribution in [1.82, 2.24) is 19.7 Å². The van der Waals surface area contributed by atoms with E-state index in [2.05, 4.69) is 24.7 Å². The van der Waals surface area contributed by atoms with Crippen LogP contribution in [0.2, 0.25) is 0 Å². The average molecular weight is 549 g/mol. The second kappa shape index (κ2) is 11.0. The van der Waals surface area contributed by atoms with Gasteiger partial charge in [-0.15, -0.1) is 0 Å². The molecular formula is C28H32N6O4S. The maximum absolute atomic E-state index is 13.0. The Bertz CT molecular complexity index is 1540. The van der Waals surface area contributed by atoms with Crippen molar-refractivity contribution in [3.8, 4) is 22.9 Å². The van der Waals surface area contributed by atoms with Crippen molar-refractivity contribution >= 4 is 21.7 Å². The first kappa shape index (κ1) is 26.6. The molecule has 3 heterocycles. The number of nitrogens with one attached hydrogen (secondary N) is 1. The number of rotatable bonds is 8. The summed E-state index contributed by atoms with van der Waals surface area (Å²) in [4.78, 5) is 11.3. The largest absolute Gasteiger partial charge is 0.439 e. The van der Waals surface area contributed by atoms with Gasteiger partial charge in [0.25, 0.3) is 10.0 Å². The average Bonchev–Trinajstić information content (AvgIpc) is 3.36. The number of aromatic nitrogens is 4. The van der Waals surface area contributed by atoms with Crippen molar-refractivity contribution in [2.75, 3.05) is 29.8 Å². The van der Waals surface area contributed by atoms with Crippen molar-refractivity contribution in [2.45, 2.75) is 37.7 Å². The Labute approximate surface area is 228 Å². The maximum Gasteiger partial charge on any atom is 0.267 e. The van der Waals surface area contributed by atoms with Crippen LogP contribution in [0.15, 0.2) is 65.8 Å². The quantitative estimate of drug-likeness (QED) is 0.337. The third-order valence-corrected chi connectivity index (χ3v) is 8.14. The van der Waals surface area contributed by atoms with Crippen LogP contribution in [0, 0.1) is 13.8 Å². The van der Waals surface area contributed by atoms with Gasteiger partial charge < -0.3 is 14.4 Å². The molecule has 0 radical (unpaired) electrons. The Kier molecular flexibility index (Phi) is 7.53. The Hall–Kier alpha value is -3.96. The van der Waals surface area contributed by atoms with Gasteiger partial charge in [0.1, 0.15) is 10.6 Å². The molecule has 0 spiro atoms. The highest BCUT2D eigenvalue weighted by Crippen LogP contribution is 2.32. The van der Waals surface area contributed by atoms with E-state index in [-0.39, 0.29) is 16.7 Å². The molecule has 0 saturated carbocycles. The molecule has 10 nitrogen and oxygen atoms in total. The Morgan fingerprint density at radius 3 is 2.31 bits per heavy atom. The van der Waals surface area contributed by atoms with E-state index in [9.17, 15) is 8.42 Å². The van der Waals surface area contributed by atoms with Gasteiger partial charge in [-0.25, -0.2) is 18.1 Å². The lowest BCUT2D eigenvalue weighted by Crippen LogP contribution is -2.36. The zero-order valence-corrected chi connectivity index (χ0v) is 23.3. The van der Waals surface area contributed by atoms with E-state index in [0.717, 1.165) is 48.3 Å². The molecule has 1 fully saturated rings. The number of methoxy groups -OCH3 is 1. The Morgan fingerprint density at radius 1 is 1.00 bits per heavy atom. The topological polar surface area (TPSA) is 111 Å². The molecular weight excluding hydrogens is 516 g/mol. The number of hydrogen-bond acceptors (Lipinski definition) is 8. The molecule has 1 aliphatic rings. The van der Waals surface area contributed by atoms with E-state index in [4.69, 9.17) is 9.47 Å². The van der Waals surface area contributed by atoms with Gasteiger partial charge in [0, 0.05) is 50.8 Å². The summed E-state index contributed by atoms with van der Waals surface area (Å²) in [5.74, 6) is 0.713. The summed E-state index contributed by atoms with van der Waals surface area (Å²) in [6, 6.07) is 15.5. The molecule has 1 N–H and O–H groups in total. The molecule has 39 heavy (non-hydrogen) atoms. The number of piperidine rings is 1.